The summed E-state index contributed by atoms with van der Waals surface area (Å²) in [6.45, 7) is 8.10. The second-order valence-corrected chi connectivity index (χ2v) is 11.6. The zero-order valence-electron chi connectivity index (χ0n) is 20.8. The minimum Gasteiger partial charge on any atom is -0.328 e. The maximum absolute atomic E-state index is 13.2. The molecule has 184 valence electrons. The van der Waals surface area contributed by atoms with Gasteiger partial charge in [-0.05, 0) is 52.7 Å². The Morgan fingerprint density at radius 3 is 2.47 bits per heavy atom. The molecule has 1 aromatic carbocycles. The molecule has 1 saturated carbocycles. The molecule has 1 heterocycles. The summed E-state index contributed by atoms with van der Waals surface area (Å²) in [7, 11) is -2.12. The Hall–Kier alpha value is -2.70. The summed E-state index contributed by atoms with van der Waals surface area (Å²) < 4.78 is 28.7. The fourth-order valence-corrected chi connectivity index (χ4v) is 5.37. The van der Waals surface area contributed by atoms with Gasteiger partial charge in [0, 0.05) is 13.1 Å². The molecular weight excluding hydrogens is 450 g/mol. The highest BCUT2D eigenvalue weighted by Crippen LogP contribution is 2.27. The number of aryl methyl sites for hydroxylation is 1. The molecule has 0 unspecified atom stereocenters. The third-order valence-corrected chi connectivity index (χ3v) is 8.19. The van der Waals surface area contributed by atoms with E-state index in [9.17, 15) is 13.2 Å². The van der Waals surface area contributed by atoms with Crippen molar-refractivity contribution in [3.8, 4) is 11.8 Å². The van der Waals surface area contributed by atoms with Crippen molar-refractivity contribution < 1.29 is 13.2 Å². The van der Waals surface area contributed by atoms with Crippen molar-refractivity contribution in [2.24, 2.45) is 0 Å². The lowest BCUT2D eigenvalue weighted by molar-refractivity contribution is -0.134. The van der Waals surface area contributed by atoms with Gasteiger partial charge in [0.1, 0.15) is 0 Å². The van der Waals surface area contributed by atoms with Crippen LogP contribution in [-0.4, -0.2) is 58.2 Å². The molecule has 0 atom stereocenters. The molecule has 1 aliphatic carbocycles. The Labute approximate surface area is 203 Å². The first-order valence-corrected chi connectivity index (χ1v) is 13.1. The molecule has 1 amide bonds. The average Bonchev–Trinajstić information content (AvgIpc) is 3.47. The van der Waals surface area contributed by atoms with Crippen LogP contribution in [0.5, 0.6) is 0 Å². The van der Waals surface area contributed by atoms with E-state index in [2.05, 4.69) is 22.2 Å². The van der Waals surface area contributed by atoms with Crippen molar-refractivity contribution in [1.29, 1.82) is 0 Å². The average molecular weight is 486 g/mol. The zero-order valence-corrected chi connectivity index (χ0v) is 21.6. The van der Waals surface area contributed by atoms with Gasteiger partial charge in [-0.25, -0.2) is 13.1 Å². The quantitative estimate of drug-likeness (QED) is 0.509. The van der Waals surface area contributed by atoms with E-state index >= 15 is 0 Å². The molecule has 8 nitrogen and oxygen atoms in total. The zero-order chi connectivity index (χ0) is 24.9. The van der Waals surface area contributed by atoms with E-state index < -0.39 is 15.6 Å². The number of amides is 1. The predicted octanol–water partition coefficient (Wildman–Crippen LogP) is 3.33. The largest absolute Gasteiger partial charge is 0.328 e. The molecule has 1 aliphatic rings. The van der Waals surface area contributed by atoms with E-state index in [1.807, 2.05) is 25.7 Å². The van der Waals surface area contributed by atoms with Crippen LogP contribution in [-0.2, 0) is 26.9 Å². The third kappa shape index (κ3) is 6.05. The molecule has 3 rings (SSSR count). The smallest absolute Gasteiger partial charge is 0.243 e. The van der Waals surface area contributed by atoms with E-state index in [4.69, 9.17) is 0 Å². The van der Waals surface area contributed by atoms with Crippen LogP contribution in [0.1, 0.15) is 64.1 Å². The van der Waals surface area contributed by atoms with Crippen LogP contribution in [0.4, 0.5) is 0 Å². The monoisotopic (exact) mass is 485 g/mol. The van der Waals surface area contributed by atoms with Crippen LogP contribution >= 0.6 is 0 Å². The van der Waals surface area contributed by atoms with Crippen LogP contribution in [0.3, 0.4) is 0 Å². The summed E-state index contributed by atoms with van der Waals surface area (Å²) >= 11 is 0. The number of carbonyl (C=O) groups is 1. The van der Waals surface area contributed by atoms with Crippen molar-refractivity contribution in [3.05, 3.63) is 41.7 Å². The standard InChI is InChI=1S/C25H35N5O3S/c1-6-7-16-29(22-10-8-9-11-22)24(31)17-25(3,4)30-19-21(26-27-30)18-28(5)34(32,33)23-14-12-20(2)13-15-23/h12-15,19,22H,8-11,16-18H2,1-5H3. The van der Waals surface area contributed by atoms with Gasteiger partial charge in [-0.1, -0.05) is 41.7 Å². The topological polar surface area (TPSA) is 88.4 Å². The van der Waals surface area contributed by atoms with E-state index in [0.717, 1.165) is 31.2 Å². The molecule has 2 aromatic rings. The van der Waals surface area contributed by atoms with Gasteiger partial charge in [-0.2, -0.15) is 4.31 Å². The Morgan fingerprint density at radius 1 is 1.21 bits per heavy atom. The fraction of sp³-hybridized carbons (Fsp3) is 0.560. The number of hydrogen-bond donors (Lipinski definition) is 0. The first kappa shape index (κ1) is 25.9. The molecule has 0 spiro atoms. The molecule has 9 heteroatoms. The summed E-state index contributed by atoms with van der Waals surface area (Å²) in [4.78, 5) is 15.4. The Balaban J connectivity index is 1.70. The number of rotatable bonds is 9. The van der Waals surface area contributed by atoms with Gasteiger partial charge in [0.15, 0.2) is 0 Å². The summed E-state index contributed by atoms with van der Waals surface area (Å²) in [6.07, 6.45) is 6.31. The lowest BCUT2D eigenvalue weighted by Gasteiger charge is -2.31. The highest BCUT2D eigenvalue weighted by Gasteiger charge is 2.32. The van der Waals surface area contributed by atoms with E-state index in [-0.39, 0.29) is 29.8 Å². The molecule has 0 radical (unpaired) electrons. The molecule has 0 bridgehead atoms. The third-order valence-electron chi connectivity index (χ3n) is 6.37. The van der Waals surface area contributed by atoms with E-state index in [1.54, 1.807) is 42.1 Å². The van der Waals surface area contributed by atoms with Crippen molar-refractivity contribution in [2.75, 3.05) is 13.6 Å². The lowest BCUT2D eigenvalue weighted by Crippen LogP contribution is -2.43. The van der Waals surface area contributed by atoms with Gasteiger partial charge in [-0.15, -0.1) is 11.0 Å². The number of aromatic nitrogens is 3. The minimum absolute atomic E-state index is 0.0516. The molecule has 1 fully saturated rings. The first-order chi connectivity index (χ1) is 16.0. The van der Waals surface area contributed by atoms with Crippen LogP contribution in [0.2, 0.25) is 0 Å². The molecule has 34 heavy (non-hydrogen) atoms. The summed E-state index contributed by atoms with van der Waals surface area (Å²) in [5.74, 6) is 5.99. The van der Waals surface area contributed by atoms with Crippen molar-refractivity contribution >= 4 is 15.9 Å². The number of sulfonamides is 1. The molecule has 0 aliphatic heterocycles. The lowest BCUT2D eigenvalue weighted by atomic mass is 9.99. The van der Waals surface area contributed by atoms with Crippen molar-refractivity contribution in [3.63, 3.8) is 0 Å². The van der Waals surface area contributed by atoms with E-state index in [0.29, 0.717) is 12.2 Å². The van der Waals surface area contributed by atoms with Gasteiger partial charge in [0.05, 0.1) is 41.8 Å². The van der Waals surface area contributed by atoms with Crippen LogP contribution in [0, 0.1) is 18.8 Å². The molecule has 1 aromatic heterocycles. The first-order valence-electron chi connectivity index (χ1n) is 11.7. The summed E-state index contributed by atoms with van der Waals surface area (Å²) in [6, 6.07) is 7.00. The van der Waals surface area contributed by atoms with Gasteiger partial charge in [0.25, 0.3) is 0 Å². The number of nitrogens with zero attached hydrogens (tertiary/aromatic N) is 5. The number of hydrogen-bond acceptors (Lipinski definition) is 5. The molecule has 0 saturated heterocycles. The number of benzene rings is 1. The van der Waals surface area contributed by atoms with Crippen LogP contribution in [0.25, 0.3) is 0 Å². The van der Waals surface area contributed by atoms with Gasteiger partial charge in [-0.3, -0.25) is 4.79 Å². The van der Waals surface area contributed by atoms with Gasteiger partial charge in [0.2, 0.25) is 15.9 Å². The van der Waals surface area contributed by atoms with Crippen LogP contribution < -0.4 is 0 Å². The van der Waals surface area contributed by atoms with Gasteiger partial charge < -0.3 is 4.90 Å². The summed E-state index contributed by atoms with van der Waals surface area (Å²) in [5, 5.41) is 8.41. The maximum Gasteiger partial charge on any atom is 0.243 e. The Kier molecular flexibility index (Phi) is 8.16. The predicted molar refractivity (Wildman–Crippen MR) is 131 cm³/mol. The Bertz CT molecular complexity index is 1150. The highest BCUT2D eigenvalue weighted by molar-refractivity contribution is 7.89. The minimum atomic E-state index is -3.65. The van der Waals surface area contributed by atoms with Gasteiger partial charge >= 0.3 is 0 Å². The van der Waals surface area contributed by atoms with Crippen LogP contribution in [0.15, 0.2) is 35.4 Å². The second kappa shape index (κ2) is 10.7. The van der Waals surface area contributed by atoms with Crippen molar-refractivity contribution in [2.45, 2.75) is 82.8 Å². The number of carbonyl (C=O) groups excluding carboxylic acids is 1. The normalized spacial score (nSPS) is 14.8. The fourth-order valence-electron chi connectivity index (χ4n) is 4.22. The highest BCUT2D eigenvalue weighted by atomic mass is 32.2. The molecule has 0 N–H and O–H groups in total. The SMILES string of the molecule is CC#CCN(C(=O)CC(C)(C)n1cc(CN(C)S(=O)(=O)c2ccc(C)cc2)nn1)C1CCCC1. The summed E-state index contributed by atoms with van der Waals surface area (Å²) in [5.41, 5.74) is 0.894. The maximum atomic E-state index is 13.2. The van der Waals surface area contributed by atoms with E-state index in [1.165, 1.54) is 11.4 Å². The second-order valence-electron chi connectivity index (χ2n) is 9.60. The van der Waals surface area contributed by atoms with Crippen molar-refractivity contribution in [1.82, 2.24) is 24.2 Å². The Morgan fingerprint density at radius 2 is 1.85 bits per heavy atom. The molecular formula is C25H35N5O3S.